The Balaban J connectivity index is 2.09. The highest BCUT2D eigenvalue weighted by molar-refractivity contribution is 7.99. The fourth-order valence-electron chi connectivity index (χ4n) is 2.08. The molecule has 4 heteroatoms. The third kappa shape index (κ3) is 2.97. The SMILES string of the molecule is CNCC(c1ccccn1)N1CCSCC1. The van der Waals surface area contributed by atoms with E-state index in [1.54, 1.807) is 0 Å². The van der Waals surface area contributed by atoms with Crippen LogP contribution in [0.4, 0.5) is 0 Å². The molecule has 1 N–H and O–H groups in total. The molecule has 1 aromatic rings. The number of hydrogen-bond donors (Lipinski definition) is 1. The van der Waals surface area contributed by atoms with Gasteiger partial charge in [-0.1, -0.05) is 6.07 Å². The summed E-state index contributed by atoms with van der Waals surface area (Å²) in [5, 5.41) is 3.28. The molecule has 0 spiro atoms. The van der Waals surface area contributed by atoms with Crippen LogP contribution in [0.2, 0.25) is 0 Å². The summed E-state index contributed by atoms with van der Waals surface area (Å²) in [5.74, 6) is 2.49. The Bertz CT molecular complexity index is 298. The molecule has 2 rings (SSSR count). The van der Waals surface area contributed by atoms with Crippen molar-refractivity contribution in [3.8, 4) is 0 Å². The average Bonchev–Trinajstić information content (AvgIpc) is 2.38. The lowest BCUT2D eigenvalue weighted by molar-refractivity contribution is 0.211. The van der Waals surface area contributed by atoms with E-state index in [0.717, 1.165) is 6.54 Å². The van der Waals surface area contributed by atoms with Crippen LogP contribution in [0.15, 0.2) is 24.4 Å². The van der Waals surface area contributed by atoms with Crippen molar-refractivity contribution in [3.05, 3.63) is 30.1 Å². The van der Waals surface area contributed by atoms with Crippen LogP contribution in [-0.4, -0.2) is 48.1 Å². The van der Waals surface area contributed by atoms with E-state index in [2.05, 4.69) is 27.3 Å². The van der Waals surface area contributed by atoms with Crippen molar-refractivity contribution < 1.29 is 0 Å². The van der Waals surface area contributed by atoms with Gasteiger partial charge in [-0.25, -0.2) is 0 Å². The van der Waals surface area contributed by atoms with Crippen LogP contribution in [0, 0.1) is 0 Å². The number of aromatic nitrogens is 1. The summed E-state index contributed by atoms with van der Waals surface area (Å²) in [6, 6.07) is 6.60. The van der Waals surface area contributed by atoms with Crippen LogP contribution in [0.3, 0.4) is 0 Å². The van der Waals surface area contributed by atoms with Crippen LogP contribution in [0.1, 0.15) is 11.7 Å². The molecule has 1 atom stereocenters. The maximum atomic E-state index is 4.48. The largest absolute Gasteiger partial charge is 0.318 e. The molecule has 1 fully saturated rings. The maximum Gasteiger partial charge on any atom is 0.0647 e. The quantitative estimate of drug-likeness (QED) is 0.856. The first-order valence-corrected chi connectivity index (χ1v) is 6.94. The zero-order valence-electron chi connectivity index (χ0n) is 9.72. The minimum absolute atomic E-state index is 0.423. The second-order valence-corrected chi connectivity index (χ2v) is 5.20. The van der Waals surface area contributed by atoms with E-state index in [4.69, 9.17) is 0 Å². The second-order valence-electron chi connectivity index (χ2n) is 3.98. The molecule has 1 aliphatic rings. The van der Waals surface area contributed by atoms with Crippen LogP contribution >= 0.6 is 11.8 Å². The van der Waals surface area contributed by atoms with Gasteiger partial charge in [0.05, 0.1) is 11.7 Å². The predicted octanol–water partition coefficient (Wildman–Crippen LogP) is 1.39. The highest BCUT2D eigenvalue weighted by atomic mass is 32.2. The minimum atomic E-state index is 0.423. The molecule has 0 aromatic carbocycles. The van der Waals surface area contributed by atoms with Gasteiger partial charge in [0.25, 0.3) is 0 Å². The third-order valence-corrected chi connectivity index (χ3v) is 3.86. The summed E-state index contributed by atoms with van der Waals surface area (Å²) >= 11 is 2.05. The molecular weight excluding hydrogens is 218 g/mol. The van der Waals surface area contributed by atoms with Gasteiger partial charge in [0.15, 0.2) is 0 Å². The normalized spacial score (nSPS) is 19.6. The molecule has 88 valence electrons. The predicted molar refractivity (Wildman–Crippen MR) is 69.8 cm³/mol. The fraction of sp³-hybridized carbons (Fsp3) is 0.583. The minimum Gasteiger partial charge on any atom is -0.318 e. The Morgan fingerprint density at radius 1 is 1.44 bits per heavy atom. The van der Waals surface area contributed by atoms with E-state index in [1.807, 2.05) is 31.1 Å². The van der Waals surface area contributed by atoms with Gasteiger partial charge in [0.2, 0.25) is 0 Å². The van der Waals surface area contributed by atoms with E-state index < -0.39 is 0 Å². The summed E-state index contributed by atoms with van der Waals surface area (Å²) in [5.41, 5.74) is 1.18. The molecule has 16 heavy (non-hydrogen) atoms. The zero-order valence-corrected chi connectivity index (χ0v) is 10.5. The number of likely N-dealkylation sites (N-methyl/N-ethyl adjacent to an activating group) is 1. The second kappa shape index (κ2) is 6.23. The smallest absolute Gasteiger partial charge is 0.0647 e. The number of nitrogens with one attached hydrogen (secondary N) is 1. The number of thioether (sulfide) groups is 1. The molecule has 1 aromatic heterocycles. The molecule has 0 aliphatic carbocycles. The number of nitrogens with zero attached hydrogens (tertiary/aromatic N) is 2. The first-order valence-electron chi connectivity index (χ1n) is 5.79. The van der Waals surface area contributed by atoms with Gasteiger partial charge in [0, 0.05) is 37.3 Å². The van der Waals surface area contributed by atoms with Crippen molar-refractivity contribution in [2.24, 2.45) is 0 Å². The van der Waals surface area contributed by atoms with Gasteiger partial charge in [-0.15, -0.1) is 0 Å². The average molecular weight is 237 g/mol. The first-order chi connectivity index (χ1) is 7.92. The van der Waals surface area contributed by atoms with E-state index in [-0.39, 0.29) is 0 Å². The maximum absolute atomic E-state index is 4.48. The van der Waals surface area contributed by atoms with Crippen LogP contribution < -0.4 is 5.32 Å². The van der Waals surface area contributed by atoms with Crippen LogP contribution in [0.5, 0.6) is 0 Å². The number of pyridine rings is 1. The van der Waals surface area contributed by atoms with E-state index in [9.17, 15) is 0 Å². The zero-order chi connectivity index (χ0) is 11.2. The van der Waals surface area contributed by atoms with E-state index >= 15 is 0 Å². The summed E-state index contributed by atoms with van der Waals surface area (Å²) < 4.78 is 0. The van der Waals surface area contributed by atoms with Crippen LogP contribution in [-0.2, 0) is 0 Å². The van der Waals surface area contributed by atoms with Gasteiger partial charge in [0.1, 0.15) is 0 Å². The standard InChI is InChI=1S/C12H19N3S/c1-13-10-12(11-4-2-3-5-14-11)15-6-8-16-9-7-15/h2-5,12-13H,6-10H2,1H3. The van der Waals surface area contributed by atoms with Crippen molar-refractivity contribution in [1.82, 2.24) is 15.2 Å². The number of rotatable bonds is 4. The molecule has 0 amide bonds. The molecule has 0 bridgehead atoms. The van der Waals surface area contributed by atoms with Crippen molar-refractivity contribution in [3.63, 3.8) is 0 Å². The third-order valence-electron chi connectivity index (χ3n) is 2.91. The van der Waals surface area contributed by atoms with Crippen molar-refractivity contribution in [2.75, 3.05) is 38.2 Å². The van der Waals surface area contributed by atoms with Gasteiger partial charge < -0.3 is 5.32 Å². The Morgan fingerprint density at radius 3 is 2.88 bits per heavy atom. The van der Waals surface area contributed by atoms with Gasteiger partial charge in [-0.3, -0.25) is 9.88 Å². The molecule has 0 saturated carbocycles. The van der Waals surface area contributed by atoms with Crippen molar-refractivity contribution in [2.45, 2.75) is 6.04 Å². The lowest BCUT2D eigenvalue weighted by atomic mass is 10.1. The summed E-state index contributed by atoms with van der Waals surface area (Å²) in [4.78, 5) is 7.02. The molecule has 0 radical (unpaired) electrons. The first kappa shape index (κ1) is 11.9. The summed E-state index contributed by atoms with van der Waals surface area (Å²) in [7, 11) is 2.01. The van der Waals surface area contributed by atoms with E-state index in [1.165, 1.54) is 30.3 Å². The fourth-order valence-corrected chi connectivity index (χ4v) is 3.01. The molecule has 2 heterocycles. The highest BCUT2D eigenvalue weighted by Crippen LogP contribution is 2.21. The van der Waals surface area contributed by atoms with Gasteiger partial charge in [-0.05, 0) is 19.2 Å². The highest BCUT2D eigenvalue weighted by Gasteiger charge is 2.22. The molecule has 1 unspecified atom stereocenters. The van der Waals surface area contributed by atoms with Crippen molar-refractivity contribution in [1.29, 1.82) is 0 Å². The molecular formula is C12H19N3S. The summed E-state index contributed by atoms with van der Waals surface area (Å²) in [6.45, 7) is 3.32. The summed E-state index contributed by atoms with van der Waals surface area (Å²) in [6.07, 6.45) is 1.89. The Hall–Kier alpha value is -0.580. The topological polar surface area (TPSA) is 28.2 Å². The van der Waals surface area contributed by atoms with Gasteiger partial charge >= 0.3 is 0 Å². The monoisotopic (exact) mass is 237 g/mol. The number of hydrogen-bond acceptors (Lipinski definition) is 4. The van der Waals surface area contributed by atoms with E-state index in [0.29, 0.717) is 6.04 Å². The van der Waals surface area contributed by atoms with Gasteiger partial charge in [-0.2, -0.15) is 11.8 Å². The van der Waals surface area contributed by atoms with Crippen LogP contribution in [0.25, 0.3) is 0 Å². The Labute approximate surface area is 102 Å². The molecule has 1 aliphatic heterocycles. The lowest BCUT2D eigenvalue weighted by Gasteiger charge is -2.33. The Kier molecular flexibility index (Phi) is 4.63. The molecule has 1 saturated heterocycles. The Morgan fingerprint density at radius 2 is 2.25 bits per heavy atom. The molecule has 3 nitrogen and oxygen atoms in total. The van der Waals surface area contributed by atoms with Crippen molar-refractivity contribution >= 4 is 11.8 Å². The lowest BCUT2D eigenvalue weighted by Crippen LogP contribution is -2.40.